The molecule has 0 bridgehead atoms. The Morgan fingerprint density at radius 3 is 2.77 bits per heavy atom. The van der Waals surface area contributed by atoms with Crippen molar-refractivity contribution < 1.29 is 9.59 Å². The summed E-state index contributed by atoms with van der Waals surface area (Å²) in [5.41, 5.74) is 0.547. The maximum Gasteiger partial charge on any atom is 0.232 e. The topological polar surface area (TPSA) is 49.4 Å². The number of piperidine rings is 1. The lowest BCUT2D eigenvalue weighted by Crippen LogP contribution is -2.54. The molecule has 0 aromatic rings. The van der Waals surface area contributed by atoms with E-state index in [4.69, 9.17) is 0 Å². The molecule has 0 aromatic heterocycles. The van der Waals surface area contributed by atoms with E-state index >= 15 is 0 Å². The van der Waals surface area contributed by atoms with Crippen LogP contribution in [0.25, 0.3) is 0 Å². The van der Waals surface area contributed by atoms with Crippen molar-refractivity contribution in [1.29, 1.82) is 0 Å². The highest BCUT2D eigenvalue weighted by Gasteiger charge is 2.49. The summed E-state index contributed by atoms with van der Waals surface area (Å²) in [6.45, 7) is 2.67. The SMILES string of the molecule is CCN1C(=O)CCC2(C(=O)NC3CCCCC3)CCCC=C12. The zero-order valence-electron chi connectivity index (χ0n) is 13.7. The average molecular weight is 304 g/mol. The lowest BCUT2D eigenvalue weighted by Gasteiger charge is -2.46. The predicted molar refractivity (Wildman–Crippen MR) is 86.0 cm³/mol. The van der Waals surface area contributed by atoms with Crippen molar-refractivity contribution in [3.63, 3.8) is 0 Å². The number of hydrogen-bond donors (Lipinski definition) is 1. The lowest BCUT2D eigenvalue weighted by atomic mass is 9.69. The van der Waals surface area contributed by atoms with Gasteiger partial charge in [-0.1, -0.05) is 25.3 Å². The van der Waals surface area contributed by atoms with Crippen LogP contribution in [0, 0.1) is 5.41 Å². The van der Waals surface area contributed by atoms with Crippen LogP contribution in [0.5, 0.6) is 0 Å². The van der Waals surface area contributed by atoms with Crippen molar-refractivity contribution in [3.05, 3.63) is 11.8 Å². The van der Waals surface area contributed by atoms with Gasteiger partial charge in [0, 0.05) is 24.7 Å². The molecule has 1 saturated carbocycles. The third-order valence-corrected chi connectivity index (χ3v) is 5.68. The van der Waals surface area contributed by atoms with Crippen LogP contribution in [0.2, 0.25) is 0 Å². The molecule has 2 amide bonds. The maximum atomic E-state index is 13.1. The van der Waals surface area contributed by atoms with E-state index in [1.54, 1.807) is 0 Å². The molecule has 0 radical (unpaired) electrons. The summed E-state index contributed by atoms with van der Waals surface area (Å²) in [7, 11) is 0. The van der Waals surface area contributed by atoms with E-state index in [1.807, 2.05) is 11.8 Å². The van der Waals surface area contributed by atoms with E-state index in [9.17, 15) is 9.59 Å². The van der Waals surface area contributed by atoms with Crippen LogP contribution in [-0.2, 0) is 9.59 Å². The van der Waals surface area contributed by atoms with Gasteiger partial charge >= 0.3 is 0 Å². The van der Waals surface area contributed by atoms with Gasteiger partial charge in [0.1, 0.15) is 0 Å². The number of allylic oxidation sites excluding steroid dienone is 1. The van der Waals surface area contributed by atoms with Crippen LogP contribution in [0.4, 0.5) is 0 Å². The van der Waals surface area contributed by atoms with E-state index in [-0.39, 0.29) is 11.8 Å². The number of carbonyl (C=O) groups excluding carboxylic acids is 2. The molecular formula is C18H28N2O2. The average Bonchev–Trinajstić information content (AvgIpc) is 2.55. The third-order valence-electron chi connectivity index (χ3n) is 5.68. The fraction of sp³-hybridized carbons (Fsp3) is 0.778. The summed E-state index contributed by atoms with van der Waals surface area (Å²) in [5, 5.41) is 3.32. The van der Waals surface area contributed by atoms with E-state index in [0.717, 1.165) is 37.8 Å². The van der Waals surface area contributed by atoms with Gasteiger partial charge in [0.2, 0.25) is 11.8 Å². The van der Waals surface area contributed by atoms with E-state index in [0.29, 0.717) is 25.4 Å². The fourth-order valence-corrected chi connectivity index (χ4v) is 4.44. The molecule has 4 nitrogen and oxygen atoms in total. The van der Waals surface area contributed by atoms with Crippen LogP contribution < -0.4 is 5.32 Å². The smallest absolute Gasteiger partial charge is 0.232 e. The molecule has 1 saturated heterocycles. The molecule has 1 aliphatic heterocycles. The minimum absolute atomic E-state index is 0.177. The Hall–Kier alpha value is -1.32. The van der Waals surface area contributed by atoms with Gasteiger partial charge in [0.15, 0.2) is 0 Å². The van der Waals surface area contributed by atoms with Crippen molar-refractivity contribution in [2.24, 2.45) is 5.41 Å². The standard InChI is InChI=1S/C18H28N2O2/c1-2-20-15-10-6-7-12-18(15,13-11-16(20)21)17(22)19-14-8-4-3-5-9-14/h10,14H,2-9,11-13H2,1H3,(H,19,22). The summed E-state index contributed by atoms with van der Waals surface area (Å²) in [6, 6.07) is 0.339. The zero-order valence-corrected chi connectivity index (χ0v) is 13.7. The number of amides is 2. The zero-order chi connectivity index (χ0) is 15.6. The second kappa shape index (κ2) is 6.43. The summed E-state index contributed by atoms with van der Waals surface area (Å²) in [5.74, 6) is 0.355. The van der Waals surface area contributed by atoms with Crippen molar-refractivity contribution in [2.75, 3.05) is 6.54 Å². The minimum atomic E-state index is -0.445. The number of rotatable bonds is 3. The van der Waals surface area contributed by atoms with Crippen LogP contribution in [0.3, 0.4) is 0 Å². The normalized spacial score (nSPS) is 29.8. The summed E-state index contributed by atoms with van der Waals surface area (Å²) < 4.78 is 0. The number of hydrogen-bond acceptors (Lipinski definition) is 2. The van der Waals surface area contributed by atoms with Gasteiger partial charge < -0.3 is 10.2 Å². The van der Waals surface area contributed by atoms with Gasteiger partial charge in [-0.2, -0.15) is 0 Å². The Labute approximate surface area is 133 Å². The van der Waals surface area contributed by atoms with Gasteiger partial charge in [-0.15, -0.1) is 0 Å². The van der Waals surface area contributed by atoms with Gasteiger partial charge in [-0.05, 0) is 45.4 Å². The van der Waals surface area contributed by atoms with E-state index < -0.39 is 5.41 Å². The van der Waals surface area contributed by atoms with Crippen LogP contribution >= 0.6 is 0 Å². The first-order valence-corrected chi connectivity index (χ1v) is 8.99. The second-order valence-electron chi connectivity index (χ2n) is 7.01. The number of carbonyl (C=O) groups is 2. The molecule has 0 spiro atoms. The molecule has 1 N–H and O–H groups in total. The van der Waals surface area contributed by atoms with Gasteiger partial charge in [0.25, 0.3) is 0 Å². The Bertz CT molecular complexity index is 479. The number of nitrogens with one attached hydrogen (secondary N) is 1. The predicted octanol–water partition coefficient (Wildman–Crippen LogP) is 3.13. The highest BCUT2D eigenvalue weighted by Crippen LogP contribution is 2.47. The van der Waals surface area contributed by atoms with Gasteiger partial charge in [-0.25, -0.2) is 0 Å². The highest BCUT2D eigenvalue weighted by atomic mass is 16.2. The van der Waals surface area contributed by atoms with E-state index in [1.165, 1.54) is 19.3 Å². The molecule has 4 heteroatoms. The van der Waals surface area contributed by atoms with Gasteiger partial charge in [-0.3, -0.25) is 9.59 Å². The summed E-state index contributed by atoms with van der Waals surface area (Å²) in [6.07, 6.45) is 12.2. The maximum absolute atomic E-state index is 13.1. The Balaban J connectivity index is 1.81. The van der Waals surface area contributed by atoms with Crippen molar-refractivity contribution in [2.45, 2.75) is 77.2 Å². The second-order valence-corrected chi connectivity index (χ2v) is 7.01. The number of nitrogens with zero attached hydrogens (tertiary/aromatic N) is 1. The van der Waals surface area contributed by atoms with Crippen molar-refractivity contribution >= 4 is 11.8 Å². The molecule has 22 heavy (non-hydrogen) atoms. The minimum Gasteiger partial charge on any atom is -0.353 e. The molecule has 2 fully saturated rings. The first-order valence-electron chi connectivity index (χ1n) is 8.99. The number of fused-ring (bicyclic) bond motifs is 1. The van der Waals surface area contributed by atoms with Gasteiger partial charge in [0.05, 0.1) is 5.41 Å². The van der Waals surface area contributed by atoms with Crippen LogP contribution in [0.15, 0.2) is 11.8 Å². The molecule has 3 aliphatic rings. The summed E-state index contributed by atoms with van der Waals surface area (Å²) >= 11 is 0. The first kappa shape index (κ1) is 15.6. The van der Waals surface area contributed by atoms with Crippen molar-refractivity contribution in [1.82, 2.24) is 10.2 Å². The number of likely N-dealkylation sites (tertiary alicyclic amines) is 1. The molecular weight excluding hydrogens is 276 g/mol. The fourth-order valence-electron chi connectivity index (χ4n) is 4.44. The molecule has 1 atom stereocenters. The largest absolute Gasteiger partial charge is 0.353 e. The third kappa shape index (κ3) is 2.68. The van der Waals surface area contributed by atoms with Crippen LogP contribution in [0.1, 0.15) is 71.1 Å². The van der Waals surface area contributed by atoms with Crippen LogP contribution in [-0.4, -0.2) is 29.3 Å². The lowest BCUT2D eigenvalue weighted by molar-refractivity contribution is -0.140. The molecule has 1 heterocycles. The summed E-state index contributed by atoms with van der Waals surface area (Å²) in [4.78, 5) is 27.1. The monoisotopic (exact) mass is 304 g/mol. The quantitative estimate of drug-likeness (QED) is 0.871. The first-order chi connectivity index (χ1) is 10.7. The molecule has 0 aromatic carbocycles. The van der Waals surface area contributed by atoms with Crippen molar-refractivity contribution in [3.8, 4) is 0 Å². The Morgan fingerprint density at radius 2 is 2.05 bits per heavy atom. The van der Waals surface area contributed by atoms with E-state index in [2.05, 4.69) is 11.4 Å². The molecule has 1 unspecified atom stereocenters. The molecule has 122 valence electrons. The molecule has 2 aliphatic carbocycles. The Morgan fingerprint density at radius 1 is 1.27 bits per heavy atom. The molecule has 3 rings (SSSR count). The Kier molecular flexibility index (Phi) is 4.55. The highest BCUT2D eigenvalue weighted by molar-refractivity contribution is 5.91.